The Hall–Kier alpha value is -1.77. The molecule has 0 amide bonds. The molecule has 1 heterocycles. The molecule has 25 heavy (non-hydrogen) atoms. The number of aromatic nitrogens is 1. The number of nitrogens with zero attached hydrogens (tertiary/aromatic N) is 2. The summed E-state index contributed by atoms with van der Waals surface area (Å²) in [6, 6.07) is 8.08. The number of hydrogen-bond donors (Lipinski definition) is 2. The summed E-state index contributed by atoms with van der Waals surface area (Å²) in [4.78, 5) is 8.86. The first kappa shape index (κ1) is 21.3. The molecular weight excluding hydrogens is 431 g/mol. The lowest BCUT2D eigenvalue weighted by atomic mass is 10.1. The third-order valence-electron chi connectivity index (χ3n) is 3.63. The minimum absolute atomic E-state index is 0. The predicted octanol–water partition coefficient (Wildman–Crippen LogP) is 3.22. The molecule has 0 bridgehead atoms. The molecule has 0 fully saturated rings. The highest BCUT2D eigenvalue weighted by atomic mass is 127. The van der Waals surface area contributed by atoms with Crippen LogP contribution in [0.3, 0.4) is 0 Å². The molecule has 0 saturated carbocycles. The Morgan fingerprint density at radius 3 is 2.72 bits per heavy atom. The van der Waals surface area contributed by atoms with E-state index in [2.05, 4.69) is 26.7 Å². The van der Waals surface area contributed by atoms with Gasteiger partial charge in [0.25, 0.3) is 0 Å². The molecule has 2 N–H and O–H groups in total. The van der Waals surface area contributed by atoms with E-state index < -0.39 is 0 Å². The molecule has 1 aromatic heterocycles. The maximum Gasteiger partial charge on any atom is 0.216 e. The van der Waals surface area contributed by atoms with E-state index in [1.807, 2.05) is 39.0 Å². The lowest BCUT2D eigenvalue weighted by Gasteiger charge is -2.11. The van der Waals surface area contributed by atoms with Gasteiger partial charge in [-0.1, -0.05) is 12.1 Å². The number of aliphatic imine (C=N–C) groups is 1. The van der Waals surface area contributed by atoms with Gasteiger partial charge in [0, 0.05) is 13.1 Å². The third-order valence-corrected chi connectivity index (χ3v) is 3.63. The molecule has 0 aliphatic rings. The highest BCUT2D eigenvalue weighted by Gasteiger charge is 2.05. The van der Waals surface area contributed by atoms with Crippen LogP contribution < -0.4 is 15.4 Å². The van der Waals surface area contributed by atoms with Crippen molar-refractivity contribution < 1.29 is 9.15 Å². The fourth-order valence-electron chi connectivity index (χ4n) is 2.25. The van der Waals surface area contributed by atoms with E-state index in [-0.39, 0.29) is 24.0 Å². The second-order valence-corrected chi connectivity index (χ2v) is 5.47. The number of halogens is 1. The maximum absolute atomic E-state index is 5.55. The number of methoxy groups -OCH3 is 1. The van der Waals surface area contributed by atoms with Gasteiger partial charge in [-0.05, 0) is 44.9 Å². The quantitative estimate of drug-likeness (QED) is 0.379. The van der Waals surface area contributed by atoms with Crippen molar-refractivity contribution in [2.75, 3.05) is 20.2 Å². The summed E-state index contributed by atoms with van der Waals surface area (Å²) in [7, 11) is 1.68. The Morgan fingerprint density at radius 1 is 1.28 bits per heavy atom. The van der Waals surface area contributed by atoms with Gasteiger partial charge in [0.1, 0.15) is 18.1 Å². The van der Waals surface area contributed by atoms with Crippen molar-refractivity contribution in [1.29, 1.82) is 0 Å². The Balaban J connectivity index is 0.00000312. The Morgan fingerprint density at radius 2 is 2.08 bits per heavy atom. The number of guanidine groups is 1. The van der Waals surface area contributed by atoms with Gasteiger partial charge < -0.3 is 19.8 Å². The van der Waals surface area contributed by atoms with Crippen molar-refractivity contribution in [1.82, 2.24) is 15.6 Å². The van der Waals surface area contributed by atoms with Crippen molar-refractivity contribution in [3.05, 3.63) is 47.2 Å². The van der Waals surface area contributed by atoms with E-state index in [0.717, 1.165) is 42.7 Å². The summed E-state index contributed by atoms with van der Waals surface area (Å²) in [5.41, 5.74) is 2.13. The zero-order valence-electron chi connectivity index (χ0n) is 15.3. The number of hydrogen-bond acceptors (Lipinski definition) is 4. The first-order chi connectivity index (χ1) is 11.6. The molecule has 0 saturated heterocycles. The number of nitrogens with one attached hydrogen (secondary N) is 2. The summed E-state index contributed by atoms with van der Waals surface area (Å²) in [6.45, 7) is 7.88. The second kappa shape index (κ2) is 11.0. The van der Waals surface area contributed by atoms with Gasteiger partial charge in [-0.2, -0.15) is 0 Å². The first-order valence-corrected chi connectivity index (χ1v) is 8.20. The van der Waals surface area contributed by atoms with Gasteiger partial charge in [0.05, 0.1) is 12.8 Å². The van der Waals surface area contributed by atoms with E-state index in [9.17, 15) is 0 Å². The molecule has 2 rings (SSSR count). The summed E-state index contributed by atoms with van der Waals surface area (Å²) in [5.74, 6) is 3.11. The van der Waals surface area contributed by atoms with Crippen LogP contribution in [0.2, 0.25) is 0 Å². The van der Waals surface area contributed by atoms with Crippen LogP contribution in [0.5, 0.6) is 5.75 Å². The van der Waals surface area contributed by atoms with Crippen LogP contribution in [0.15, 0.2) is 33.7 Å². The van der Waals surface area contributed by atoms with Crippen LogP contribution in [-0.4, -0.2) is 31.1 Å². The van der Waals surface area contributed by atoms with Crippen LogP contribution in [-0.2, 0) is 13.0 Å². The van der Waals surface area contributed by atoms with Crippen molar-refractivity contribution in [2.45, 2.75) is 33.7 Å². The molecule has 1 aromatic carbocycles. The first-order valence-electron chi connectivity index (χ1n) is 8.20. The van der Waals surface area contributed by atoms with Crippen LogP contribution in [0, 0.1) is 13.8 Å². The van der Waals surface area contributed by atoms with E-state index in [1.165, 1.54) is 5.56 Å². The number of ether oxygens (including phenoxy) is 1. The topological polar surface area (TPSA) is 71.7 Å². The van der Waals surface area contributed by atoms with Gasteiger partial charge in [-0.25, -0.2) is 9.98 Å². The highest BCUT2D eigenvalue weighted by Crippen LogP contribution is 2.12. The molecular formula is C18H27IN4O2. The van der Waals surface area contributed by atoms with Gasteiger partial charge in [0.15, 0.2) is 5.96 Å². The van der Waals surface area contributed by atoms with Crippen LogP contribution in [0.1, 0.15) is 29.8 Å². The number of rotatable bonds is 7. The molecule has 0 radical (unpaired) electrons. The third kappa shape index (κ3) is 6.93. The molecule has 138 valence electrons. The zero-order valence-corrected chi connectivity index (χ0v) is 17.6. The SMILES string of the molecule is CCNC(=NCc1nc(C)c(C)o1)NCCc1cccc(OC)c1.I. The van der Waals surface area contributed by atoms with Crippen LogP contribution >= 0.6 is 24.0 Å². The number of benzene rings is 1. The van der Waals surface area contributed by atoms with Crippen LogP contribution in [0.4, 0.5) is 0 Å². The standard InChI is InChI=1S/C18H26N4O2.HI/c1-5-19-18(21-12-17-22-13(2)14(3)24-17)20-10-9-15-7-6-8-16(11-15)23-4;/h6-8,11H,5,9-10,12H2,1-4H3,(H2,19,20,21);1H. The molecule has 0 spiro atoms. The largest absolute Gasteiger partial charge is 0.497 e. The lowest BCUT2D eigenvalue weighted by molar-refractivity contribution is 0.414. The van der Waals surface area contributed by atoms with E-state index in [4.69, 9.17) is 9.15 Å². The molecule has 6 nitrogen and oxygen atoms in total. The Labute approximate surface area is 166 Å². The van der Waals surface area contributed by atoms with Gasteiger partial charge in [0.2, 0.25) is 5.89 Å². The maximum atomic E-state index is 5.55. The van der Waals surface area contributed by atoms with E-state index in [0.29, 0.717) is 12.4 Å². The summed E-state index contributed by atoms with van der Waals surface area (Å²) >= 11 is 0. The minimum atomic E-state index is 0. The Bertz CT molecular complexity index is 666. The summed E-state index contributed by atoms with van der Waals surface area (Å²) < 4.78 is 10.8. The second-order valence-electron chi connectivity index (χ2n) is 5.47. The monoisotopic (exact) mass is 458 g/mol. The Kier molecular flexibility index (Phi) is 9.33. The molecule has 2 aromatic rings. The molecule has 0 unspecified atom stereocenters. The van der Waals surface area contributed by atoms with Crippen molar-refractivity contribution in [3.63, 3.8) is 0 Å². The zero-order chi connectivity index (χ0) is 17.4. The van der Waals surface area contributed by atoms with Crippen molar-refractivity contribution in [3.8, 4) is 5.75 Å². The summed E-state index contributed by atoms with van der Waals surface area (Å²) in [5, 5.41) is 6.55. The smallest absolute Gasteiger partial charge is 0.216 e. The number of oxazole rings is 1. The predicted molar refractivity (Wildman–Crippen MR) is 111 cm³/mol. The van der Waals surface area contributed by atoms with Crippen LogP contribution in [0.25, 0.3) is 0 Å². The molecule has 7 heteroatoms. The average Bonchev–Trinajstić information content (AvgIpc) is 2.91. The normalized spacial score (nSPS) is 11.0. The highest BCUT2D eigenvalue weighted by molar-refractivity contribution is 14.0. The molecule has 0 aliphatic heterocycles. The van der Waals surface area contributed by atoms with Gasteiger partial charge in [-0.15, -0.1) is 24.0 Å². The fraction of sp³-hybridized carbons (Fsp3) is 0.444. The van der Waals surface area contributed by atoms with Gasteiger partial charge >= 0.3 is 0 Å². The fourth-order valence-corrected chi connectivity index (χ4v) is 2.25. The molecule has 0 atom stereocenters. The minimum Gasteiger partial charge on any atom is -0.497 e. The van der Waals surface area contributed by atoms with E-state index in [1.54, 1.807) is 7.11 Å². The van der Waals surface area contributed by atoms with Crippen molar-refractivity contribution >= 4 is 29.9 Å². The van der Waals surface area contributed by atoms with E-state index >= 15 is 0 Å². The summed E-state index contributed by atoms with van der Waals surface area (Å²) in [6.07, 6.45) is 0.888. The lowest BCUT2D eigenvalue weighted by Crippen LogP contribution is -2.38. The molecule has 0 aliphatic carbocycles. The number of aryl methyl sites for hydroxylation is 2. The average molecular weight is 458 g/mol. The van der Waals surface area contributed by atoms with Gasteiger partial charge in [-0.3, -0.25) is 0 Å². The van der Waals surface area contributed by atoms with Crippen molar-refractivity contribution in [2.24, 2.45) is 4.99 Å².